The summed E-state index contributed by atoms with van der Waals surface area (Å²) < 4.78 is 0. The normalized spacial score (nSPS) is 15.5. The van der Waals surface area contributed by atoms with Gasteiger partial charge in [0, 0.05) is 11.9 Å². The molecule has 0 aliphatic heterocycles. The Hall–Kier alpha value is -2.43. The van der Waals surface area contributed by atoms with E-state index in [2.05, 4.69) is 15.3 Å². The Morgan fingerprint density at radius 2 is 2.14 bits per heavy atom. The number of H-pyrrole nitrogens is 1. The number of hydrogen-bond donors (Lipinski definition) is 2. The van der Waals surface area contributed by atoms with E-state index in [0.29, 0.717) is 5.92 Å². The smallest absolute Gasteiger partial charge is 0.260 e. The summed E-state index contributed by atoms with van der Waals surface area (Å²) in [4.78, 5) is 31.0. The first-order chi connectivity index (χ1) is 10.1. The summed E-state index contributed by atoms with van der Waals surface area (Å²) in [5.74, 6) is 0.0584. The predicted octanol–water partition coefficient (Wildman–Crippen LogP) is 1.96. The van der Waals surface area contributed by atoms with E-state index in [1.165, 1.54) is 12.3 Å². The van der Waals surface area contributed by atoms with Crippen LogP contribution in [-0.4, -0.2) is 15.9 Å². The van der Waals surface area contributed by atoms with Crippen molar-refractivity contribution in [3.05, 3.63) is 63.8 Å². The molecule has 0 radical (unpaired) electrons. The van der Waals surface area contributed by atoms with Crippen molar-refractivity contribution in [1.82, 2.24) is 15.3 Å². The van der Waals surface area contributed by atoms with Crippen LogP contribution in [0.5, 0.6) is 0 Å². The van der Waals surface area contributed by atoms with Gasteiger partial charge in [-0.25, -0.2) is 0 Å². The van der Waals surface area contributed by atoms with Crippen molar-refractivity contribution in [2.45, 2.75) is 25.8 Å². The van der Waals surface area contributed by atoms with Gasteiger partial charge in [0.1, 0.15) is 5.56 Å². The number of nitrogens with one attached hydrogen (secondary N) is 2. The largest absolute Gasteiger partial charge is 0.343 e. The molecule has 1 saturated carbocycles. The van der Waals surface area contributed by atoms with Gasteiger partial charge in [0.2, 0.25) is 0 Å². The van der Waals surface area contributed by atoms with Crippen molar-refractivity contribution in [3.63, 3.8) is 0 Å². The summed E-state index contributed by atoms with van der Waals surface area (Å²) in [6.07, 6.45) is 3.66. The van der Waals surface area contributed by atoms with Crippen molar-refractivity contribution in [1.29, 1.82) is 0 Å². The maximum atomic E-state index is 12.3. The minimum atomic E-state index is -0.373. The maximum absolute atomic E-state index is 12.3. The number of amides is 1. The van der Waals surface area contributed by atoms with E-state index in [9.17, 15) is 9.59 Å². The lowest BCUT2D eigenvalue weighted by Gasteiger charge is -2.18. The van der Waals surface area contributed by atoms with Gasteiger partial charge in [-0.05, 0) is 49.9 Å². The molecule has 0 aromatic carbocycles. The summed E-state index contributed by atoms with van der Waals surface area (Å²) in [6, 6.07) is 8.84. The standard InChI is InChI=1S/C16H17N3O2/c1-10-4-2-6-13(18-10)14(11-7-8-11)19-16(21)12-5-3-9-17-15(12)20/h2-6,9,11,14H,7-8H2,1H3,(H,17,20)(H,19,21). The molecule has 0 bridgehead atoms. The zero-order valence-electron chi connectivity index (χ0n) is 11.8. The molecule has 1 aliphatic rings. The molecule has 5 nitrogen and oxygen atoms in total. The van der Waals surface area contributed by atoms with E-state index in [1.807, 2.05) is 25.1 Å². The number of carbonyl (C=O) groups is 1. The van der Waals surface area contributed by atoms with E-state index >= 15 is 0 Å². The predicted molar refractivity (Wildman–Crippen MR) is 79.0 cm³/mol. The number of aryl methyl sites for hydroxylation is 1. The van der Waals surface area contributed by atoms with E-state index in [4.69, 9.17) is 0 Å². The molecular weight excluding hydrogens is 266 g/mol. The van der Waals surface area contributed by atoms with Crippen LogP contribution in [0.2, 0.25) is 0 Å². The lowest BCUT2D eigenvalue weighted by molar-refractivity contribution is 0.0929. The molecule has 1 aliphatic carbocycles. The van der Waals surface area contributed by atoms with E-state index in [0.717, 1.165) is 24.2 Å². The van der Waals surface area contributed by atoms with E-state index < -0.39 is 0 Å². The van der Waals surface area contributed by atoms with Gasteiger partial charge in [-0.15, -0.1) is 0 Å². The summed E-state index contributed by atoms with van der Waals surface area (Å²) in [5, 5.41) is 2.96. The molecule has 5 heteroatoms. The van der Waals surface area contributed by atoms with Crippen LogP contribution in [0, 0.1) is 12.8 Å². The van der Waals surface area contributed by atoms with Crippen LogP contribution in [0.25, 0.3) is 0 Å². The summed E-state index contributed by atoms with van der Waals surface area (Å²) >= 11 is 0. The van der Waals surface area contributed by atoms with Gasteiger partial charge < -0.3 is 10.3 Å². The molecule has 0 saturated heterocycles. The van der Waals surface area contributed by atoms with Crippen LogP contribution in [0.4, 0.5) is 0 Å². The molecule has 0 spiro atoms. The third-order valence-corrected chi connectivity index (χ3v) is 3.67. The van der Waals surface area contributed by atoms with E-state index in [-0.39, 0.29) is 23.1 Å². The Kier molecular flexibility index (Phi) is 3.56. The quantitative estimate of drug-likeness (QED) is 0.900. The molecule has 108 valence electrons. The topological polar surface area (TPSA) is 74.8 Å². The Morgan fingerprint density at radius 1 is 1.33 bits per heavy atom. The minimum Gasteiger partial charge on any atom is -0.343 e. The van der Waals surface area contributed by atoms with Crippen LogP contribution in [0.1, 0.15) is 40.6 Å². The van der Waals surface area contributed by atoms with Gasteiger partial charge in [0.15, 0.2) is 0 Å². The molecule has 2 N–H and O–H groups in total. The fraction of sp³-hybridized carbons (Fsp3) is 0.312. The first-order valence-electron chi connectivity index (χ1n) is 7.07. The molecule has 2 heterocycles. The van der Waals surface area contributed by atoms with Crippen LogP contribution in [0.3, 0.4) is 0 Å². The average Bonchev–Trinajstić information content (AvgIpc) is 3.29. The second-order valence-corrected chi connectivity index (χ2v) is 5.41. The minimum absolute atomic E-state index is 0.128. The first-order valence-corrected chi connectivity index (χ1v) is 7.07. The van der Waals surface area contributed by atoms with Crippen molar-refractivity contribution in [2.75, 3.05) is 0 Å². The van der Waals surface area contributed by atoms with Crippen molar-refractivity contribution in [3.8, 4) is 0 Å². The van der Waals surface area contributed by atoms with Gasteiger partial charge in [0.05, 0.1) is 11.7 Å². The molecule has 1 amide bonds. The fourth-order valence-corrected chi connectivity index (χ4v) is 2.42. The summed E-state index contributed by atoms with van der Waals surface area (Å²) in [5.41, 5.74) is 1.54. The molecule has 2 aromatic rings. The summed E-state index contributed by atoms with van der Waals surface area (Å²) in [6.45, 7) is 1.93. The number of carbonyl (C=O) groups excluding carboxylic acids is 1. The Labute approximate surface area is 122 Å². The van der Waals surface area contributed by atoms with Crippen LogP contribution in [0.15, 0.2) is 41.3 Å². The van der Waals surface area contributed by atoms with E-state index in [1.54, 1.807) is 6.07 Å². The van der Waals surface area contributed by atoms with Gasteiger partial charge in [0.25, 0.3) is 11.5 Å². The van der Waals surface area contributed by atoms with Crippen molar-refractivity contribution >= 4 is 5.91 Å². The summed E-state index contributed by atoms with van der Waals surface area (Å²) in [7, 11) is 0. The average molecular weight is 283 g/mol. The maximum Gasteiger partial charge on any atom is 0.260 e. The molecular formula is C16H17N3O2. The number of aromatic nitrogens is 2. The molecule has 1 atom stereocenters. The highest BCUT2D eigenvalue weighted by Gasteiger charge is 2.34. The third kappa shape index (κ3) is 3.02. The molecule has 2 aromatic heterocycles. The molecule has 3 rings (SSSR count). The molecule has 1 unspecified atom stereocenters. The number of aromatic amines is 1. The Balaban J connectivity index is 1.85. The van der Waals surface area contributed by atoms with Gasteiger partial charge in [-0.2, -0.15) is 0 Å². The zero-order chi connectivity index (χ0) is 14.8. The SMILES string of the molecule is Cc1cccc(C(NC(=O)c2ccc[nH]c2=O)C2CC2)n1. The highest BCUT2D eigenvalue weighted by molar-refractivity contribution is 5.94. The highest BCUT2D eigenvalue weighted by atomic mass is 16.2. The fourth-order valence-electron chi connectivity index (χ4n) is 2.42. The van der Waals surface area contributed by atoms with Gasteiger partial charge in [-0.1, -0.05) is 6.07 Å². The third-order valence-electron chi connectivity index (χ3n) is 3.67. The number of nitrogens with zero attached hydrogens (tertiary/aromatic N) is 1. The number of pyridine rings is 2. The highest BCUT2D eigenvalue weighted by Crippen LogP contribution is 2.40. The molecule has 1 fully saturated rings. The monoisotopic (exact) mass is 283 g/mol. The zero-order valence-corrected chi connectivity index (χ0v) is 11.8. The second kappa shape index (κ2) is 5.52. The lowest BCUT2D eigenvalue weighted by Crippen LogP contribution is -2.34. The Morgan fingerprint density at radius 3 is 2.81 bits per heavy atom. The first kappa shape index (κ1) is 13.5. The second-order valence-electron chi connectivity index (χ2n) is 5.41. The van der Waals surface area contributed by atoms with Crippen LogP contribution < -0.4 is 10.9 Å². The Bertz CT molecular complexity index is 719. The number of rotatable bonds is 4. The van der Waals surface area contributed by atoms with Crippen molar-refractivity contribution in [2.24, 2.45) is 5.92 Å². The van der Waals surface area contributed by atoms with Gasteiger partial charge in [-0.3, -0.25) is 14.6 Å². The van der Waals surface area contributed by atoms with Crippen LogP contribution >= 0.6 is 0 Å². The lowest BCUT2D eigenvalue weighted by atomic mass is 10.1. The van der Waals surface area contributed by atoms with Crippen LogP contribution in [-0.2, 0) is 0 Å². The molecule has 21 heavy (non-hydrogen) atoms. The number of hydrogen-bond acceptors (Lipinski definition) is 3. The van der Waals surface area contributed by atoms with Crippen molar-refractivity contribution < 1.29 is 4.79 Å². The van der Waals surface area contributed by atoms with Gasteiger partial charge >= 0.3 is 0 Å².